The Balaban J connectivity index is 1.93. The Kier molecular flexibility index (Phi) is 7.05. The Morgan fingerprint density at radius 1 is 1.11 bits per heavy atom. The van der Waals surface area contributed by atoms with Crippen LogP contribution in [0.25, 0.3) is 0 Å². The highest BCUT2D eigenvalue weighted by atomic mass is 16.6. The number of non-ortho nitro benzene ring substituents is 1. The van der Waals surface area contributed by atoms with Gasteiger partial charge in [-0.2, -0.15) is 5.10 Å². The first-order chi connectivity index (χ1) is 12.9. The summed E-state index contributed by atoms with van der Waals surface area (Å²) in [5.41, 5.74) is 4.19. The number of hydrogen-bond donors (Lipinski definition) is 1. The molecule has 0 saturated carbocycles. The van der Waals surface area contributed by atoms with Gasteiger partial charge in [-0.05, 0) is 61.2 Å². The molecule has 0 fully saturated rings. The monoisotopic (exact) mass is 369 g/mol. The third-order valence-corrected chi connectivity index (χ3v) is 3.90. The highest BCUT2D eigenvalue weighted by Gasteiger charge is 2.08. The average Bonchev–Trinajstić information content (AvgIpc) is 2.66. The summed E-state index contributed by atoms with van der Waals surface area (Å²) in [6, 6.07) is 12.8. The van der Waals surface area contributed by atoms with Crippen LogP contribution in [0.3, 0.4) is 0 Å². The van der Waals surface area contributed by atoms with Crippen LogP contribution >= 0.6 is 0 Å². The molecule has 7 heteroatoms. The molecule has 2 aromatic rings. The number of amides is 1. The van der Waals surface area contributed by atoms with Crippen LogP contribution in [0.15, 0.2) is 53.6 Å². The van der Waals surface area contributed by atoms with Crippen LogP contribution < -0.4 is 10.2 Å². The maximum atomic E-state index is 12.2. The van der Waals surface area contributed by atoms with Crippen molar-refractivity contribution in [1.82, 2.24) is 5.43 Å². The minimum atomic E-state index is -0.464. The second kappa shape index (κ2) is 9.47. The highest BCUT2D eigenvalue weighted by Crippen LogP contribution is 2.14. The second-order valence-electron chi connectivity index (χ2n) is 6.50. The van der Waals surface area contributed by atoms with E-state index in [-0.39, 0.29) is 11.6 Å². The van der Waals surface area contributed by atoms with E-state index in [1.54, 1.807) is 43.3 Å². The molecule has 1 N–H and O–H groups in total. The molecular weight excluding hydrogens is 346 g/mol. The zero-order valence-electron chi connectivity index (χ0n) is 15.6. The highest BCUT2D eigenvalue weighted by molar-refractivity contribution is 6.01. The zero-order chi connectivity index (χ0) is 19.8. The number of rotatable bonds is 8. The fraction of sp³-hybridized carbons (Fsp3) is 0.300. The van der Waals surface area contributed by atoms with Crippen molar-refractivity contribution in [3.05, 3.63) is 69.8 Å². The van der Waals surface area contributed by atoms with Gasteiger partial charge in [0.15, 0.2) is 0 Å². The Hall–Kier alpha value is -3.22. The predicted octanol–water partition coefficient (Wildman–Crippen LogP) is 4.17. The Morgan fingerprint density at radius 2 is 1.70 bits per heavy atom. The lowest BCUT2D eigenvalue weighted by Gasteiger charge is -2.08. The van der Waals surface area contributed by atoms with Gasteiger partial charge in [0.05, 0.1) is 17.2 Å². The zero-order valence-corrected chi connectivity index (χ0v) is 15.6. The van der Waals surface area contributed by atoms with Gasteiger partial charge in [-0.1, -0.05) is 13.8 Å². The molecule has 0 aliphatic carbocycles. The molecule has 0 aliphatic rings. The van der Waals surface area contributed by atoms with E-state index in [0.717, 1.165) is 12.2 Å². The van der Waals surface area contributed by atoms with E-state index in [1.165, 1.54) is 12.1 Å². The van der Waals surface area contributed by atoms with E-state index in [4.69, 9.17) is 4.74 Å². The number of ether oxygens (including phenoxy) is 1. The van der Waals surface area contributed by atoms with Crippen LogP contribution in [-0.2, 0) is 0 Å². The van der Waals surface area contributed by atoms with E-state index in [0.29, 0.717) is 29.4 Å². The summed E-state index contributed by atoms with van der Waals surface area (Å²) < 4.78 is 5.63. The maximum Gasteiger partial charge on any atom is 0.271 e. The van der Waals surface area contributed by atoms with Crippen molar-refractivity contribution in [1.29, 1.82) is 0 Å². The molecule has 0 radical (unpaired) electrons. The smallest absolute Gasteiger partial charge is 0.271 e. The van der Waals surface area contributed by atoms with Crippen LogP contribution in [0, 0.1) is 16.0 Å². The lowest BCUT2D eigenvalue weighted by atomic mass is 10.1. The van der Waals surface area contributed by atoms with Gasteiger partial charge in [0.2, 0.25) is 0 Å². The number of nitrogens with zero attached hydrogens (tertiary/aromatic N) is 2. The van der Waals surface area contributed by atoms with Crippen molar-refractivity contribution in [3.63, 3.8) is 0 Å². The van der Waals surface area contributed by atoms with Gasteiger partial charge in [-0.25, -0.2) is 5.43 Å². The molecule has 7 nitrogen and oxygen atoms in total. The summed E-state index contributed by atoms with van der Waals surface area (Å²) in [6.45, 7) is 6.63. The van der Waals surface area contributed by atoms with Gasteiger partial charge in [-0.3, -0.25) is 14.9 Å². The summed E-state index contributed by atoms with van der Waals surface area (Å²) >= 11 is 0. The molecule has 0 atom stereocenters. The normalized spacial score (nSPS) is 11.3. The van der Waals surface area contributed by atoms with E-state index in [2.05, 4.69) is 24.4 Å². The van der Waals surface area contributed by atoms with Gasteiger partial charge in [0, 0.05) is 17.7 Å². The summed E-state index contributed by atoms with van der Waals surface area (Å²) in [5.74, 6) is 0.953. The molecule has 142 valence electrons. The Bertz CT molecular complexity index is 812. The van der Waals surface area contributed by atoms with Crippen molar-refractivity contribution in [3.8, 4) is 5.75 Å². The predicted molar refractivity (Wildman–Crippen MR) is 104 cm³/mol. The Labute approximate surface area is 158 Å². The van der Waals surface area contributed by atoms with E-state index in [9.17, 15) is 14.9 Å². The number of hydrazone groups is 1. The van der Waals surface area contributed by atoms with Gasteiger partial charge in [0.25, 0.3) is 11.6 Å². The molecule has 0 saturated heterocycles. The molecule has 0 aliphatic heterocycles. The third kappa shape index (κ3) is 6.22. The maximum absolute atomic E-state index is 12.2. The van der Waals surface area contributed by atoms with Crippen LogP contribution in [0.5, 0.6) is 5.75 Å². The number of benzene rings is 2. The van der Waals surface area contributed by atoms with Gasteiger partial charge in [0.1, 0.15) is 5.75 Å². The SMILES string of the molecule is CC(=NNC(=O)c1ccc(OCCC(C)C)cc1)c1ccc([N+](=O)[O-])cc1. The molecular formula is C20H23N3O4. The van der Waals surface area contributed by atoms with Crippen molar-refractivity contribution in [2.75, 3.05) is 6.61 Å². The summed E-state index contributed by atoms with van der Waals surface area (Å²) in [4.78, 5) is 22.4. The largest absolute Gasteiger partial charge is 0.494 e. The minimum absolute atomic E-state index is 0.00582. The molecule has 0 aromatic heterocycles. The van der Waals surface area contributed by atoms with Crippen LogP contribution in [0.2, 0.25) is 0 Å². The van der Waals surface area contributed by atoms with Crippen molar-refractivity contribution in [2.45, 2.75) is 27.2 Å². The number of carbonyl (C=O) groups is 1. The third-order valence-electron chi connectivity index (χ3n) is 3.90. The fourth-order valence-corrected chi connectivity index (χ4v) is 2.20. The van der Waals surface area contributed by atoms with Crippen LogP contribution in [0.4, 0.5) is 5.69 Å². The molecule has 2 aromatic carbocycles. The average molecular weight is 369 g/mol. The van der Waals surface area contributed by atoms with Crippen LogP contribution in [0.1, 0.15) is 43.1 Å². The first kappa shape index (κ1) is 20.1. The molecule has 27 heavy (non-hydrogen) atoms. The van der Waals surface area contributed by atoms with Crippen molar-refractivity contribution < 1.29 is 14.5 Å². The molecule has 2 rings (SSSR count). The molecule has 0 bridgehead atoms. The first-order valence-corrected chi connectivity index (χ1v) is 8.69. The number of hydrogen-bond acceptors (Lipinski definition) is 5. The second-order valence-corrected chi connectivity index (χ2v) is 6.50. The standard InChI is InChI=1S/C20H23N3O4/c1-14(2)12-13-27-19-10-6-17(7-11-19)20(24)22-21-15(3)16-4-8-18(9-5-16)23(25)26/h4-11,14H,12-13H2,1-3H3,(H,22,24). The molecule has 0 heterocycles. The Morgan fingerprint density at radius 3 is 2.26 bits per heavy atom. The summed E-state index contributed by atoms with van der Waals surface area (Å²) in [5, 5.41) is 14.7. The van der Waals surface area contributed by atoms with E-state index in [1.807, 2.05) is 0 Å². The molecule has 0 unspecified atom stereocenters. The van der Waals surface area contributed by atoms with Crippen molar-refractivity contribution >= 4 is 17.3 Å². The van der Waals surface area contributed by atoms with Gasteiger partial charge < -0.3 is 4.74 Å². The number of nitro benzene ring substituents is 1. The summed E-state index contributed by atoms with van der Waals surface area (Å²) in [7, 11) is 0. The van der Waals surface area contributed by atoms with Crippen LogP contribution in [-0.4, -0.2) is 23.1 Å². The van der Waals surface area contributed by atoms with Gasteiger partial charge >= 0.3 is 0 Å². The fourth-order valence-electron chi connectivity index (χ4n) is 2.20. The molecule has 0 spiro atoms. The van der Waals surface area contributed by atoms with E-state index < -0.39 is 4.92 Å². The molecule has 1 amide bonds. The first-order valence-electron chi connectivity index (χ1n) is 8.69. The van der Waals surface area contributed by atoms with Gasteiger partial charge in [-0.15, -0.1) is 0 Å². The number of nitrogens with one attached hydrogen (secondary N) is 1. The lowest BCUT2D eigenvalue weighted by Crippen LogP contribution is -2.19. The quantitative estimate of drug-likeness (QED) is 0.429. The van der Waals surface area contributed by atoms with E-state index >= 15 is 0 Å². The lowest BCUT2D eigenvalue weighted by molar-refractivity contribution is -0.384. The number of nitro groups is 1. The number of carbonyl (C=O) groups excluding carboxylic acids is 1. The van der Waals surface area contributed by atoms with Crippen molar-refractivity contribution in [2.24, 2.45) is 11.0 Å². The summed E-state index contributed by atoms with van der Waals surface area (Å²) in [6.07, 6.45) is 0.971. The topological polar surface area (TPSA) is 93.8 Å². The minimum Gasteiger partial charge on any atom is -0.494 e.